The maximum Gasteiger partial charge on any atom is 0.328 e. The summed E-state index contributed by atoms with van der Waals surface area (Å²) >= 11 is 3.45. The largest absolute Gasteiger partial charge is 0.467 e. The standard InChI is InChI=1S/C16H22BrNO2/c1-20-16(19)15(10-12-6-3-2-4-7-12)18-14-9-5-8-13(17)11-14/h5,8-9,11-12,15,18H,2-4,6-7,10H2,1H3. The SMILES string of the molecule is COC(=O)C(CC1CCCCC1)Nc1cccc(Br)c1. The van der Waals surface area contributed by atoms with Crippen molar-refractivity contribution in [1.82, 2.24) is 0 Å². The van der Waals surface area contributed by atoms with Crippen molar-refractivity contribution in [3.05, 3.63) is 28.7 Å². The van der Waals surface area contributed by atoms with E-state index in [1.807, 2.05) is 24.3 Å². The molecule has 4 heteroatoms. The molecule has 0 amide bonds. The summed E-state index contributed by atoms with van der Waals surface area (Å²) in [6.45, 7) is 0. The number of hydrogen-bond acceptors (Lipinski definition) is 3. The van der Waals surface area contributed by atoms with Gasteiger partial charge in [-0.2, -0.15) is 0 Å². The first-order chi connectivity index (χ1) is 9.69. The number of carbonyl (C=O) groups excluding carboxylic acids is 1. The molecule has 1 saturated carbocycles. The summed E-state index contributed by atoms with van der Waals surface area (Å²) in [5, 5.41) is 3.31. The van der Waals surface area contributed by atoms with E-state index >= 15 is 0 Å². The average molecular weight is 340 g/mol. The van der Waals surface area contributed by atoms with Crippen LogP contribution in [-0.2, 0) is 9.53 Å². The smallest absolute Gasteiger partial charge is 0.328 e. The van der Waals surface area contributed by atoms with Crippen LogP contribution in [0.3, 0.4) is 0 Å². The van der Waals surface area contributed by atoms with Crippen LogP contribution in [0.2, 0.25) is 0 Å². The van der Waals surface area contributed by atoms with E-state index in [1.54, 1.807) is 0 Å². The second-order valence-corrected chi connectivity index (χ2v) is 6.39. The van der Waals surface area contributed by atoms with Gasteiger partial charge in [0.05, 0.1) is 7.11 Å². The van der Waals surface area contributed by atoms with Gasteiger partial charge in [0.1, 0.15) is 6.04 Å². The van der Waals surface area contributed by atoms with Crippen molar-refractivity contribution in [3.8, 4) is 0 Å². The number of carbonyl (C=O) groups is 1. The van der Waals surface area contributed by atoms with Gasteiger partial charge < -0.3 is 10.1 Å². The number of ether oxygens (including phenoxy) is 1. The molecule has 0 aromatic heterocycles. The Balaban J connectivity index is 2.01. The van der Waals surface area contributed by atoms with E-state index in [2.05, 4.69) is 21.2 Å². The predicted octanol–water partition coefficient (Wildman–Crippen LogP) is 4.37. The van der Waals surface area contributed by atoms with Crippen molar-refractivity contribution in [2.45, 2.75) is 44.6 Å². The van der Waals surface area contributed by atoms with Gasteiger partial charge in [-0.3, -0.25) is 0 Å². The molecular weight excluding hydrogens is 318 g/mol. The van der Waals surface area contributed by atoms with Crippen LogP contribution in [0.1, 0.15) is 38.5 Å². The van der Waals surface area contributed by atoms with Crippen LogP contribution >= 0.6 is 15.9 Å². The summed E-state index contributed by atoms with van der Waals surface area (Å²) in [5.41, 5.74) is 0.950. The van der Waals surface area contributed by atoms with Gasteiger partial charge in [-0.15, -0.1) is 0 Å². The molecular formula is C16H22BrNO2. The van der Waals surface area contributed by atoms with Gasteiger partial charge in [0, 0.05) is 10.2 Å². The molecule has 2 rings (SSSR count). The summed E-state index contributed by atoms with van der Waals surface area (Å²) in [5.74, 6) is 0.461. The number of rotatable bonds is 5. The molecule has 0 spiro atoms. The third-order valence-corrected chi connectivity index (χ3v) is 4.44. The third-order valence-electron chi connectivity index (χ3n) is 3.94. The summed E-state index contributed by atoms with van der Waals surface area (Å²) in [7, 11) is 1.46. The van der Waals surface area contributed by atoms with Crippen LogP contribution in [0.5, 0.6) is 0 Å². The van der Waals surface area contributed by atoms with E-state index in [1.165, 1.54) is 39.2 Å². The number of hydrogen-bond donors (Lipinski definition) is 1. The molecule has 1 aromatic carbocycles. The van der Waals surface area contributed by atoms with E-state index in [0.29, 0.717) is 5.92 Å². The second-order valence-electron chi connectivity index (χ2n) is 5.47. The highest BCUT2D eigenvalue weighted by Gasteiger charge is 2.24. The molecule has 1 N–H and O–H groups in total. The van der Waals surface area contributed by atoms with Crippen molar-refractivity contribution >= 4 is 27.6 Å². The van der Waals surface area contributed by atoms with Gasteiger partial charge in [0.2, 0.25) is 0 Å². The van der Waals surface area contributed by atoms with Crippen LogP contribution in [-0.4, -0.2) is 19.1 Å². The highest BCUT2D eigenvalue weighted by atomic mass is 79.9. The lowest BCUT2D eigenvalue weighted by Crippen LogP contribution is -2.33. The molecule has 1 aliphatic carbocycles. The van der Waals surface area contributed by atoms with E-state index in [4.69, 9.17) is 4.74 Å². The van der Waals surface area contributed by atoms with Crippen LogP contribution in [0.4, 0.5) is 5.69 Å². The Morgan fingerprint density at radius 2 is 2.15 bits per heavy atom. The lowest BCUT2D eigenvalue weighted by atomic mass is 9.85. The van der Waals surface area contributed by atoms with Crippen LogP contribution in [0, 0.1) is 5.92 Å². The van der Waals surface area contributed by atoms with E-state index in [9.17, 15) is 4.79 Å². The zero-order valence-corrected chi connectivity index (χ0v) is 13.5. The van der Waals surface area contributed by atoms with Crippen molar-refractivity contribution in [2.24, 2.45) is 5.92 Å². The Hall–Kier alpha value is -1.03. The minimum atomic E-state index is -0.252. The maximum absolute atomic E-state index is 12.0. The Morgan fingerprint density at radius 3 is 2.80 bits per heavy atom. The average Bonchev–Trinajstić information content (AvgIpc) is 2.47. The van der Waals surface area contributed by atoms with E-state index in [0.717, 1.165) is 16.6 Å². The Morgan fingerprint density at radius 1 is 1.40 bits per heavy atom. The van der Waals surface area contributed by atoms with Crippen LogP contribution in [0.15, 0.2) is 28.7 Å². The zero-order valence-electron chi connectivity index (χ0n) is 11.9. The Kier molecular flexibility index (Phi) is 5.89. The molecule has 0 bridgehead atoms. The van der Waals surface area contributed by atoms with Crippen molar-refractivity contribution in [1.29, 1.82) is 0 Å². The normalized spacial score (nSPS) is 17.5. The van der Waals surface area contributed by atoms with Gasteiger partial charge in [-0.1, -0.05) is 54.1 Å². The fourth-order valence-corrected chi connectivity index (χ4v) is 3.29. The molecule has 0 radical (unpaired) electrons. The first kappa shape index (κ1) is 15.4. The van der Waals surface area contributed by atoms with Crippen molar-refractivity contribution in [2.75, 3.05) is 12.4 Å². The van der Waals surface area contributed by atoms with Gasteiger partial charge in [-0.25, -0.2) is 4.79 Å². The van der Waals surface area contributed by atoms with Crippen molar-refractivity contribution < 1.29 is 9.53 Å². The minimum Gasteiger partial charge on any atom is -0.467 e. The van der Waals surface area contributed by atoms with Crippen molar-refractivity contribution in [3.63, 3.8) is 0 Å². The summed E-state index contributed by atoms with van der Waals surface area (Å²) in [6.07, 6.45) is 7.23. The molecule has 1 aliphatic rings. The fraction of sp³-hybridized carbons (Fsp3) is 0.562. The second kappa shape index (κ2) is 7.67. The first-order valence-electron chi connectivity index (χ1n) is 7.29. The van der Waals surface area contributed by atoms with Gasteiger partial charge >= 0.3 is 5.97 Å². The topological polar surface area (TPSA) is 38.3 Å². The summed E-state index contributed by atoms with van der Waals surface area (Å²) in [4.78, 5) is 12.0. The Bertz CT molecular complexity index is 444. The monoisotopic (exact) mass is 339 g/mol. The zero-order chi connectivity index (χ0) is 14.4. The lowest BCUT2D eigenvalue weighted by molar-refractivity contribution is -0.142. The maximum atomic E-state index is 12.0. The van der Waals surface area contributed by atoms with E-state index in [-0.39, 0.29) is 12.0 Å². The molecule has 0 aliphatic heterocycles. The highest BCUT2D eigenvalue weighted by Crippen LogP contribution is 2.28. The molecule has 1 aromatic rings. The number of nitrogens with one attached hydrogen (secondary N) is 1. The molecule has 1 unspecified atom stereocenters. The molecule has 0 saturated heterocycles. The van der Waals surface area contributed by atoms with Gasteiger partial charge in [-0.05, 0) is 30.5 Å². The van der Waals surface area contributed by atoms with Crippen LogP contribution in [0.25, 0.3) is 0 Å². The third kappa shape index (κ3) is 4.51. The van der Waals surface area contributed by atoms with Gasteiger partial charge in [0.15, 0.2) is 0 Å². The summed E-state index contributed by atoms with van der Waals surface area (Å²) < 4.78 is 5.95. The number of methoxy groups -OCH3 is 1. The molecule has 0 heterocycles. The molecule has 110 valence electrons. The first-order valence-corrected chi connectivity index (χ1v) is 8.08. The van der Waals surface area contributed by atoms with Crippen LogP contribution < -0.4 is 5.32 Å². The quantitative estimate of drug-likeness (QED) is 0.809. The molecule has 1 fully saturated rings. The minimum absolute atomic E-state index is 0.171. The molecule has 1 atom stereocenters. The lowest BCUT2D eigenvalue weighted by Gasteiger charge is -2.26. The fourth-order valence-electron chi connectivity index (χ4n) is 2.89. The number of benzene rings is 1. The number of anilines is 1. The number of esters is 1. The van der Waals surface area contributed by atoms with E-state index < -0.39 is 0 Å². The number of halogens is 1. The predicted molar refractivity (Wildman–Crippen MR) is 84.8 cm³/mol. The highest BCUT2D eigenvalue weighted by molar-refractivity contribution is 9.10. The molecule has 20 heavy (non-hydrogen) atoms. The molecule has 3 nitrogen and oxygen atoms in total. The summed E-state index contributed by atoms with van der Waals surface area (Å²) in [6, 6.07) is 7.64. The Labute approximate surface area is 129 Å². The van der Waals surface area contributed by atoms with Gasteiger partial charge in [0.25, 0.3) is 0 Å².